The van der Waals surface area contributed by atoms with E-state index in [2.05, 4.69) is 4.90 Å². The van der Waals surface area contributed by atoms with Gasteiger partial charge >= 0.3 is 6.09 Å². The van der Waals surface area contributed by atoms with Crippen molar-refractivity contribution in [3.8, 4) is 0 Å². The molecule has 1 heterocycles. The second kappa shape index (κ2) is 9.85. The molecule has 0 spiro atoms. The lowest BCUT2D eigenvalue weighted by Gasteiger charge is -2.36. The Morgan fingerprint density at radius 3 is 1.91 bits per heavy atom. The SMILES string of the molecule is CC(C)(C)OC(=O)N(CC1CCN(c2ccc([N+](=O)[O-])cc2)CC1)c1ccc([N+](=O)[O-])cc1. The molecule has 0 bridgehead atoms. The highest BCUT2D eigenvalue weighted by molar-refractivity contribution is 5.88. The number of hydrogen-bond acceptors (Lipinski definition) is 7. The van der Waals surface area contributed by atoms with Crippen LogP contribution in [0.2, 0.25) is 0 Å². The maximum absolute atomic E-state index is 12.9. The first-order valence-corrected chi connectivity index (χ1v) is 10.8. The zero-order chi connectivity index (χ0) is 24.2. The molecule has 0 unspecified atom stereocenters. The van der Waals surface area contributed by atoms with Crippen molar-refractivity contribution in [2.75, 3.05) is 29.4 Å². The minimum Gasteiger partial charge on any atom is -0.443 e. The highest BCUT2D eigenvalue weighted by Crippen LogP contribution is 2.28. The summed E-state index contributed by atoms with van der Waals surface area (Å²) in [6, 6.07) is 12.4. The summed E-state index contributed by atoms with van der Waals surface area (Å²) in [5.41, 5.74) is 0.824. The quantitative estimate of drug-likeness (QED) is 0.435. The van der Waals surface area contributed by atoms with Crippen molar-refractivity contribution in [2.24, 2.45) is 5.92 Å². The van der Waals surface area contributed by atoms with Gasteiger partial charge in [0.05, 0.1) is 9.85 Å². The van der Waals surface area contributed by atoms with E-state index < -0.39 is 21.5 Å². The number of hydrogen-bond donors (Lipinski definition) is 0. The molecule has 0 aromatic heterocycles. The molecule has 10 heteroatoms. The van der Waals surface area contributed by atoms with Gasteiger partial charge in [-0.15, -0.1) is 0 Å². The van der Waals surface area contributed by atoms with E-state index in [9.17, 15) is 25.0 Å². The maximum Gasteiger partial charge on any atom is 0.414 e. The predicted molar refractivity (Wildman–Crippen MR) is 125 cm³/mol. The number of benzene rings is 2. The Balaban J connectivity index is 1.69. The monoisotopic (exact) mass is 456 g/mol. The molecule has 0 radical (unpaired) electrons. The Morgan fingerprint density at radius 1 is 0.970 bits per heavy atom. The van der Waals surface area contributed by atoms with Crippen LogP contribution < -0.4 is 9.80 Å². The summed E-state index contributed by atoms with van der Waals surface area (Å²) in [4.78, 5) is 37.6. The van der Waals surface area contributed by atoms with Gasteiger partial charge in [-0.1, -0.05) is 0 Å². The van der Waals surface area contributed by atoms with Crippen LogP contribution in [0.5, 0.6) is 0 Å². The lowest BCUT2D eigenvalue weighted by Crippen LogP contribution is -2.43. The number of anilines is 2. The highest BCUT2D eigenvalue weighted by atomic mass is 16.6. The van der Waals surface area contributed by atoms with Crippen LogP contribution in [0.1, 0.15) is 33.6 Å². The second-order valence-electron chi connectivity index (χ2n) is 9.07. The Bertz CT molecular complexity index is 993. The summed E-state index contributed by atoms with van der Waals surface area (Å²) in [5.74, 6) is 0.210. The molecule has 1 amide bonds. The number of nitrogens with zero attached hydrogens (tertiary/aromatic N) is 4. The summed E-state index contributed by atoms with van der Waals surface area (Å²) in [6.45, 7) is 7.32. The Kier molecular flexibility index (Phi) is 7.15. The van der Waals surface area contributed by atoms with E-state index in [0.29, 0.717) is 12.2 Å². The van der Waals surface area contributed by atoms with Crippen molar-refractivity contribution in [1.29, 1.82) is 0 Å². The third-order valence-electron chi connectivity index (χ3n) is 5.47. The molecule has 1 saturated heterocycles. The minimum atomic E-state index is -0.671. The van der Waals surface area contributed by atoms with Crippen molar-refractivity contribution in [1.82, 2.24) is 0 Å². The fourth-order valence-corrected chi connectivity index (χ4v) is 3.77. The van der Waals surface area contributed by atoms with Crippen LogP contribution in [0, 0.1) is 26.1 Å². The first-order valence-electron chi connectivity index (χ1n) is 10.8. The van der Waals surface area contributed by atoms with Gasteiger partial charge in [0.2, 0.25) is 0 Å². The van der Waals surface area contributed by atoms with Gasteiger partial charge in [0.1, 0.15) is 5.60 Å². The smallest absolute Gasteiger partial charge is 0.414 e. The van der Waals surface area contributed by atoms with Crippen molar-refractivity contribution >= 4 is 28.8 Å². The minimum absolute atomic E-state index is 0.0423. The van der Waals surface area contributed by atoms with Crippen molar-refractivity contribution in [3.63, 3.8) is 0 Å². The molecule has 1 aliphatic heterocycles. The molecule has 1 aliphatic rings. The summed E-state index contributed by atoms with van der Waals surface area (Å²) in [6.07, 6.45) is 1.15. The molecular weight excluding hydrogens is 428 g/mol. The van der Waals surface area contributed by atoms with Crippen molar-refractivity contribution < 1.29 is 19.4 Å². The molecule has 33 heavy (non-hydrogen) atoms. The zero-order valence-corrected chi connectivity index (χ0v) is 19.0. The second-order valence-corrected chi connectivity index (χ2v) is 9.07. The van der Waals surface area contributed by atoms with Gasteiger partial charge in [0, 0.05) is 55.3 Å². The van der Waals surface area contributed by atoms with Gasteiger partial charge in [-0.25, -0.2) is 4.79 Å². The lowest BCUT2D eigenvalue weighted by atomic mass is 9.95. The predicted octanol–water partition coefficient (Wildman–Crippen LogP) is 5.16. The lowest BCUT2D eigenvalue weighted by molar-refractivity contribution is -0.385. The molecule has 3 rings (SSSR count). The highest BCUT2D eigenvalue weighted by Gasteiger charge is 2.28. The molecule has 0 atom stereocenters. The Hall–Kier alpha value is -3.69. The summed E-state index contributed by atoms with van der Waals surface area (Å²) < 4.78 is 5.58. The van der Waals surface area contributed by atoms with Gasteiger partial charge in [0.25, 0.3) is 11.4 Å². The number of nitro groups is 2. The van der Waals surface area contributed by atoms with Gasteiger partial charge in [-0.2, -0.15) is 0 Å². The van der Waals surface area contributed by atoms with Crippen LogP contribution in [0.15, 0.2) is 48.5 Å². The summed E-state index contributed by atoms with van der Waals surface area (Å²) >= 11 is 0. The fraction of sp³-hybridized carbons (Fsp3) is 0.435. The average molecular weight is 456 g/mol. The number of ether oxygens (including phenoxy) is 1. The van der Waals surface area contributed by atoms with Crippen LogP contribution in [-0.2, 0) is 4.74 Å². The van der Waals surface area contributed by atoms with Gasteiger partial charge in [0.15, 0.2) is 0 Å². The van der Waals surface area contributed by atoms with Crippen molar-refractivity contribution in [3.05, 3.63) is 68.8 Å². The molecule has 0 saturated carbocycles. The molecule has 176 valence electrons. The van der Waals surface area contributed by atoms with E-state index >= 15 is 0 Å². The van der Waals surface area contributed by atoms with Crippen LogP contribution >= 0.6 is 0 Å². The molecule has 0 N–H and O–H groups in total. The fourth-order valence-electron chi connectivity index (χ4n) is 3.77. The van der Waals surface area contributed by atoms with E-state index in [0.717, 1.165) is 31.6 Å². The third-order valence-corrected chi connectivity index (χ3v) is 5.47. The Morgan fingerprint density at radius 2 is 1.45 bits per heavy atom. The van der Waals surface area contributed by atoms with E-state index in [1.165, 1.54) is 24.3 Å². The van der Waals surface area contributed by atoms with E-state index in [1.54, 1.807) is 49.9 Å². The van der Waals surface area contributed by atoms with Gasteiger partial charge < -0.3 is 9.64 Å². The molecule has 2 aromatic rings. The third kappa shape index (κ3) is 6.41. The van der Waals surface area contributed by atoms with E-state index in [4.69, 9.17) is 4.74 Å². The van der Waals surface area contributed by atoms with Crippen LogP contribution in [0.4, 0.5) is 27.5 Å². The number of carbonyl (C=O) groups is 1. The first-order chi connectivity index (χ1) is 15.5. The molecular formula is C23H28N4O6. The largest absolute Gasteiger partial charge is 0.443 e. The maximum atomic E-state index is 12.9. The zero-order valence-electron chi connectivity index (χ0n) is 19.0. The number of rotatable bonds is 6. The number of nitro benzene ring substituents is 2. The van der Waals surface area contributed by atoms with Crippen molar-refractivity contribution in [2.45, 2.75) is 39.2 Å². The number of carbonyl (C=O) groups excluding carboxylic acids is 1. The Labute approximate surface area is 192 Å². The molecule has 1 fully saturated rings. The van der Waals surface area contributed by atoms with Crippen LogP contribution in [-0.4, -0.2) is 41.2 Å². The average Bonchev–Trinajstić information content (AvgIpc) is 2.77. The summed E-state index contributed by atoms with van der Waals surface area (Å²) in [5, 5.41) is 21.8. The first kappa shape index (κ1) is 24.0. The van der Waals surface area contributed by atoms with Crippen LogP contribution in [0.3, 0.4) is 0 Å². The number of non-ortho nitro benzene ring substituents is 2. The standard InChI is InChI=1S/C23H28N4O6/c1-23(2,3)33-22(28)25(19-6-10-21(11-7-19)27(31)32)16-17-12-14-24(15-13-17)18-4-8-20(9-5-18)26(29)30/h4-11,17H,12-16H2,1-3H3. The molecule has 10 nitrogen and oxygen atoms in total. The van der Waals surface area contributed by atoms with Gasteiger partial charge in [-0.3, -0.25) is 25.1 Å². The topological polar surface area (TPSA) is 119 Å². The van der Waals surface area contributed by atoms with E-state index in [1.807, 2.05) is 0 Å². The molecule has 0 aliphatic carbocycles. The molecule has 2 aromatic carbocycles. The number of piperidine rings is 1. The summed E-state index contributed by atoms with van der Waals surface area (Å²) in [7, 11) is 0. The van der Waals surface area contributed by atoms with Crippen LogP contribution in [0.25, 0.3) is 0 Å². The van der Waals surface area contributed by atoms with E-state index in [-0.39, 0.29) is 17.3 Å². The number of amides is 1. The van der Waals surface area contributed by atoms with Gasteiger partial charge in [-0.05, 0) is 63.8 Å². The normalized spacial score (nSPS) is 14.6.